The van der Waals surface area contributed by atoms with E-state index in [-0.39, 0.29) is 30.2 Å². The fourth-order valence-corrected chi connectivity index (χ4v) is 6.91. The molecule has 253 valence electrons. The molecular formula is C35H46N3O8Si. The van der Waals surface area contributed by atoms with Crippen molar-refractivity contribution in [1.29, 1.82) is 0 Å². The maximum absolute atomic E-state index is 13.8. The van der Waals surface area contributed by atoms with Gasteiger partial charge in [-0.15, -0.1) is 0 Å². The number of carbonyl (C=O) groups excluding carboxylic acids is 2. The van der Waals surface area contributed by atoms with Crippen molar-refractivity contribution in [2.75, 3.05) is 6.54 Å². The fraction of sp³-hybridized carbons (Fsp3) is 0.486. The van der Waals surface area contributed by atoms with Gasteiger partial charge in [0.1, 0.15) is 18.3 Å². The van der Waals surface area contributed by atoms with E-state index in [9.17, 15) is 24.8 Å². The molecule has 1 unspecified atom stereocenters. The Morgan fingerprint density at radius 2 is 1.68 bits per heavy atom. The van der Waals surface area contributed by atoms with Crippen LogP contribution in [0.2, 0.25) is 13.1 Å². The first-order chi connectivity index (χ1) is 21.9. The zero-order valence-corrected chi connectivity index (χ0v) is 29.5. The number of fused-ring (bicyclic) bond motifs is 1. The minimum absolute atomic E-state index is 0.0396. The van der Waals surface area contributed by atoms with Crippen molar-refractivity contribution in [2.45, 2.75) is 91.6 Å². The van der Waals surface area contributed by atoms with E-state index < -0.39 is 43.6 Å². The van der Waals surface area contributed by atoms with E-state index in [1.807, 2.05) is 70.3 Å². The van der Waals surface area contributed by atoms with Gasteiger partial charge in [-0.2, -0.15) is 0 Å². The van der Waals surface area contributed by atoms with E-state index in [0.29, 0.717) is 24.1 Å². The molecule has 2 amide bonds. The van der Waals surface area contributed by atoms with E-state index in [2.05, 4.69) is 26.1 Å². The number of ether oxygens (including phenoxy) is 2. The van der Waals surface area contributed by atoms with Crippen LogP contribution in [0.1, 0.15) is 70.8 Å². The number of amides is 2. The number of nitro benzene ring substituents is 1. The molecule has 3 atom stereocenters. The smallest absolute Gasteiger partial charge is 0.412 e. The van der Waals surface area contributed by atoms with Crippen molar-refractivity contribution in [3.63, 3.8) is 0 Å². The SMILES string of the molecule is C[Si](C)O[C@]1(C(O)c2ccc(CNC(=O)OCc3ccc([N+](=O)[O-])cc3)c3ccccc23)C[C@H](C(C)(C)C)CN1C(=O)OC(C)(C)C. The normalized spacial score (nSPS) is 19.1. The Kier molecular flexibility index (Phi) is 10.7. The monoisotopic (exact) mass is 664 g/mol. The summed E-state index contributed by atoms with van der Waals surface area (Å²) in [5.74, 6) is 0.0396. The lowest BCUT2D eigenvalue weighted by molar-refractivity contribution is -0.384. The maximum atomic E-state index is 13.8. The second kappa shape index (κ2) is 14.0. The molecule has 4 rings (SSSR count). The van der Waals surface area contributed by atoms with Crippen molar-refractivity contribution in [1.82, 2.24) is 10.2 Å². The van der Waals surface area contributed by atoms with Gasteiger partial charge in [0.2, 0.25) is 9.04 Å². The van der Waals surface area contributed by atoms with Crippen molar-refractivity contribution in [3.8, 4) is 0 Å². The number of nitro groups is 1. The van der Waals surface area contributed by atoms with Crippen LogP contribution in [-0.4, -0.2) is 54.0 Å². The standard InChI is InChI=1S/C35H46N3O8Si/c1-33(2,3)25-19-35(46-47(7)8,37(21-25)32(41)45-34(4,5)6)30(39)29-18-15-24(27-11-9-10-12-28(27)29)20-36-31(40)44-22-23-13-16-26(17-14-23)38(42)43/h9-18,25,30,39H,19-22H2,1-8H3,(H,36,40)/t25-,30?,35-/m0/s1. The summed E-state index contributed by atoms with van der Waals surface area (Å²) in [6.45, 7) is 16.3. The van der Waals surface area contributed by atoms with Crippen LogP contribution in [0, 0.1) is 21.4 Å². The summed E-state index contributed by atoms with van der Waals surface area (Å²) >= 11 is 0. The number of carbonyl (C=O) groups is 2. The largest absolute Gasteiger partial charge is 0.445 e. The number of benzene rings is 3. The molecule has 1 radical (unpaired) electrons. The first-order valence-corrected chi connectivity index (χ1v) is 18.1. The zero-order valence-electron chi connectivity index (χ0n) is 28.5. The minimum atomic E-state index is -1.41. The third-order valence-electron chi connectivity index (χ3n) is 8.33. The Bertz CT molecular complexity index is 1600. The number of hydrogen-bond donors (Lipinski definition) is 2. The lowest BCUT2D eigenvalue weighted by Gasteiger charge is -2.43. The predicted octanol–water partition coefficient (Wildman–Crippen LogP) is 7.47. The van der Waals surface area contributed by atoms with Crippen molar-refractivity contribution < 1.29 is 33.5 Å². The third kappa shape index (κ3) is 8.48. The van der Waals surface area contributed by atoms with Crippen molar-refractivity contribution in [3.05, 3.63) is 87.5 Å². The van der Waals surface area contributed by atoms with Crippen LogP contribution in [0.25, 0.3) is 10.8 Å². The second-order valence-electron chi connectivity index (χ2n) is 14.3. The molecule has 1 heterocycles. The summed E-state index contributed by atoms with van der Waals surface area (Å²) in [6.07, 6.45) is -1.92. The van der Waals surface area contributed by atoms with Crippen molar-refractivity contribution in [2.24, 2.45) is 11.3 Å². The highest BCUT2D eigenvalue weighted by Gasteiger charge is 2.57. The molecule has 47 heavy (non-hydrogen) atoms. The fourth-order valence-electron chi connectivity index (χ4n) is 5.90. The zero-order chi connectivity index (χ0) is 34.7. The number of aliphatic hydroxyl groups is 1. The number of aliphatic hydroxyl groups excluding tert-OH is 1. The first kappa shape index (κ1) is 35.8. The summed E-state index contributed by atoms with van der Waals surface area (Å²) in [4.78, 5) is 38.3. The van der Waals surface area contributed by atoms with Crippen LogP contribution in [0.4, 0.5) is 15.3 Å². The molecule has 0 aliphatic carbocycles. The summed E-state index contributed by atoms with van der Waals surface area (Å²) in [7, 11) is -1.41. The number of rotatable bonds is 9. The number of hydrogen-bond acceptors (Lipinski definition) is 8. The topological polar surface area (TPSA) is 140 Å². The summed E-state index contributed by atoms with van der Waals surface area (Å²) < 4.78 is 17.9. The summed E-state index contributed by atoms with van der Waals surface area (Å²) in [5.41, 5.74) is -0.248. The minimum Gasteiger partial charge on any atom is -0.445 e. The van der Waals surface area contributed by atoms with Crippen molar-refractivity contribution >= 4 is 37.7 Å². The van der Waals surface area contributed by atoms with Gasteiger partial charge in [0.15, 0.2) is 5.72 Å². The first-order valence-electron chi connectivity index (χ1n) is 15.7. The number of alkyl carbamates (subject to hydrolysis) is 1. The molecule has 0 saturated carbocycles. The van der Waals surface area contributed by atoms with E-state index in [1.165, 1.54) is 12.1 Å². The number of non-ortho nitro benzene ring substituents is 1. The number of nitrogens with zero attached hydrogens (tertiary/aromatic N) is 2. The second-order valence-corrected chi connectivity index (χ2v) is 16.3. The molecule has 12 heteroatoms. The molecule has 0 bridgehead atoms. The Labute approximate surface area is 278 Å². The van der Waals surface area contributed by atoms with Crippen LogP contribution in [0.5, 0.6) is 0 Å². The molecule has 0 spiro atoms. The molecule has 3 aromatic carbocycles. The van der Waals surface area contributed by atoms with Gasteiger partial charge in [-0.1, -0.05) is 57.2 Å². The number of nitrogens with one attached hydrogen (secondary N) is 1. The van der Waals surface area contributed by atoms with Crippen LogP contribution in [0.15, 0.2) is 60.7 Å². The Balaban J connectivity index is 1.62. The molecule has 2 N–H and O–H groups in total. The highest BCUT2D eigenvalue weighted by atomic mass is 28.3. The third-order valence-corrected chi connectivity index (χ3v) is 9.09. The Hall–Kier alpha value is -4.00. The Morgan fingerprint density at radius 1 is 1.04 bits per heavy atom. The van der Waals surface area contributed by atoms with E-state index in [4.69, 9.17) is 13.9 Å². The quantitative estimate of drug-likeness (QED) is 0.136. The average Bonchev–Trinajstić information content (AvgIpc) is 3.38. The lowest BCUT2D eigenvalue weighted by atomic mass is 9.77. The van der Waals surface area contributed by atoms with Gasteiger partial charge in [0, 0.05) is 31.6 Å². The van der Waals surface area contributed by atoms with Gasteiger partial charge < -0.3 is 24.3 Å². The van der Waals surface area contributed by atoms with Crippen LogP contribution in [-0.2, 0) is 27.1 Å². The lowest BCUT2D eigenvalue weighted by Crippen LogP contribution is -2.56. The van der Waals surface area contributed by atoms with E-state index >= 15 is 0 Å². The van der Waals surface area contributed by atoms with Gasteiger partial charge in [0.05, 0.1) is 4.92 Å². The van der Waals surface area contributed by atoms with Crippen LogP contribution in [0.3, 0.4) is 0 Å². The van der Waals surface area contributed by atoms with E-state index in [0.717, 1.165) is 16.3 Å². The molecular weight excluding hydrogens is 618 g/mol. The number of likely N-dealkylation sites (tertiary alicyclic amines) is 1. The molecule has 1 aliphatic rings. The highest BCUT2D eigenvalue weighted by Crippen LogP contribution is 2.50. The molecule has 3 aromatic rings. The molecule has 11 nitrogen and oxygen atoms in total. The average molecular weight is 665 g/mol. The predicted molar refractivity (Wildman–Crippen MR) is 181 cm³/mol. The van der Waals surface area contributed by atoms with Gasteiger partial charge in [-0.3, -0.25) is 15.0 Å². The molecule has 1 saturated heterocycles. The van der Waals surface area contributed by atoms with Gasteiger partial charge in [0.25, 0.3) is 5.69 Å². The molecule has 1 aliphatic heterocycles. The van der Waals surface area contributed by atoms with E-state index in [1.54, 1.807) is 17.0 Å². The van der Waals surface area contributed by atoms with Crippen LogP contribution < -0.4 is 5.32 Å². The molecule has 1 fully saturated rings. The van der Waals surface area contributed by atoms with Gasteiger partial charge in [-0.25, -0.2) is 9.59 Å². The highest BCUT2D eigenvalue weighted by molar-refractivity contribution is 6.48. The maximum Gasteiger partial charge on any atom is 0.412 e. The Morgan fingerprint density at radius 3 is 2.26 bits per heavy atom. The summed E-state index contributed by atoms with van der Waals surface area (Å²) in [6, 6.07) is 17.1. The summed E-state index contributed by atoms with van der Waals surface area (Å²) in [5, 5.41) is 27.6. The van der Waals surface area contributed by atoms with Gasteiger partial charge >= 0.3 is 12.2 Å². The van der Waals surface area contributed by atoms with Gasteiger partial charge in [-0.05, 0) is 84.8 Å². The van der Waals surface area contributed by atoms with Crippen LogP contribution >= 0.6 is 0 Å². The molecule has 0 aromatic heterocycles.